The highest BCUT2D eigenvalue weighted by Crippen LogP contribution is 2.35. The van der Waals surface area contributed by atoms with Crippen LogP contribution in [0.5, 0.6) is 0 Å². The van der Waals surface area contributed by atoms with Gasteiger partial charge in [-0.1, -0.05) is 0 Å². The van der Waals surface area contributed by atoms with Crippen molar-refractivity contribution in [1.29, 1.82) is 0 Å². The van der Waals surface area contributed by atoms with Crippen LogP contribution in [0.4, 0.5) is 4.39 Å². The molecule has 0 amide bonds. The molecule has 3 heterocycles. The van der Waals surface area contributed by atoms with E-state index in [2.05, 4.69) is 5.32 Å². The molecule has 3 fully saturated rings. The summed E-state index contributed by atoms with van der Waals surface area (Å²) in [6.45, 7) is 0. The van der Waals surface area contributed by atoms with E-state index in [4.69, 9.17) is 0 Å². The highest BCUT2D eigenvalue weighted by molar-refractivity contribution is 7.92. The van der Waals surface area contributed by atoms with Crippen molar-refractivity contribution in [3.63, 3.8) is 0 Å². The fourth-order valence-electron chi connectivity index (χ4n) is 4.08. The summed E-state index contributed by atoms with van der Waals surface area (Å²) in [6.07, 6.45) is 0. The van der Waals surface area contributed by atoms with Crippen molar-refractivity contribution in [1.82, 2.24) is 9.62 Å². The van der Waals surface area contributed by atoms with Crippen molar-refractivity contribution in [3.05, 3.63) is 30.1 Å². The quantitative estimate of drug-likeness (QED) is 0.630. The van der Waals surface area contributed by atoms with Crippen LogP contribution < -0.4 is 5.32 Å². The molecule has 0 unspecified atom stereocenters. The van der Waals surface area contributed by atoms with Crippen LogP contribution in [0.1, 0.15) is 0 Å². The van der Waals surface area contributed by atoms with Gasteiger partial charge >= 0.3 is 0 Å². The van der Waals surface area contributed by atoms with E-state index in [-0.39, 0.29) is 27.9 Å². The molecule has 3 aliphatic heterocycles. The molecule has 8 nitrogen and oxygen atoms in total. The second kappa shape index (κ2) is 5.71. The lowest BCUT2D eigenvalue weighted by Crippen LogP contribution is -2.67. The van der Waals surface area contributed by atoms with Gasteiger partial charge in [0.15, 0.2) is 19.7 Å². The van der Waals surface area contributed by atoms with Crippen molar-refractivity contribution in [2.24, 2.45) is 0 Å². The summed E-state index contributed by atoms with van der Waals surface area (Å²) >= 11 is 0. The molecule has 144 valence electrons. The van der Waals surface area contributed by atoms with Gasteiger partial charge in [-0.15, -0.1) is 0 Å². The monoisotopic (exact) mass is 424 g/mol. The molecule has 3 saturated heterocycles. The third-order valence-corrected chi connectivity index (χ3v) is 10.5. The lowest BCUT2D eigenvalue weighted by molar-refractivity contribution is 0.160. The minimum atomic E-state index is -4.19. The summed E-state index contributed by atoms with van der Waals surface area (Å²) in [5.41, 5.74) is 0. The fraction of sp³-hybridized carbons (Fsp3) is 0.571. The van der Waals surface area contributed by atoms with Gasteiger partial charge in [0.05, 0.1) is 40.0 Å². The standard InChI is InChI=1S/C14H17FN2O6S3/c15-9-1-3-10(4-2-9)26(22,23)17-13-7-24(18,19)5-11(13)16-12-6-25(20,21)8-14(12)17/h1-4,11-14,16H,5-8H2/t11-,12+,13-,14-/m0/s1. The second-order valence-electron chi connectivity index (χ2n) is 6.96. The number of sulfone groups is 2. The van der Waals surface area contributed by atoms with Crippen molar-refractivity contribution in [2.75, 3.05) is 23.0 Å². The maximum absolute atomic E-state index is 13.2. The molecule has 12 heteroatoms. The highest BCUT2D eigenvalue weighted by atomic mass is 32.2. The first kappa shape index (κ1) is 18.3. The van der Waals surface area contributed by atoms with Crippen LogP contribution in [0.3, 0.4) is 0 Å². The maximum Gasteiger partial charge on any atom is 0.243 e. The fourth-order valence-corrected chi connectivity index (χ4v) is 9.98. The number of piperazine rings is 1. The summed E-state index contributed by atoms with van der Waals surface area (Å²) in [7, 11) is -11.1. The molecule has 0 aromatic heterocycles. The molecule has 0 saturated carbocycles. The predicted octanol–water partition coefficient (Wildman–Crippen LogP) is -1.25. The van der Waals surface area contributed by atoms with Crippen LogP contribution in [0, 0.1) is 5.82 Å². The van der Waals surface area contributed by atoms with Crippen molar-refractivity contribution >= 4 is 29.7 Å². The zero-order chi connectivity index (χ0) is 18.9. The highest BCUT2D eigenvalue weighted by Gasteiger charge is 2.57. The first-order valence-electron chi connectivity index (χ1n) is 7.95. The number of hydrogen-bond acceptors (Lipinski definition) is 7. The lowest BCUT2D eigenvalue weighted by atomic mass is 10.0. The van der Waals surface area contributed by atoms with Crippen LogP contribution in [0.25, 0.3) is 0 Å². The number of nitrogens with one attached hydrogen (secondary N) is 1. The Kier molecular flexibility index (Phi) is 4.02. The summed E-state index contributed by atoms with van der Waals surface area (Å²) in [5.74, 6) is -1.82. The number of sulfonamides is 1. The minimum Gasteiger partial charge on any atom is -0.306 e. The number of nitrogens with zero attached hydrogens (tertiary/aromatic N) is 1. The second-order valence-corrected chi connectivity index (χ2v) is 13.1. The molecule has 0 bridgehead atoms. The van der Waals surface area contributed by atoms with Gasteiger partial charge in [-0.05, 0) is 24.3 Å². The van der Waals surface area contributed by atoms with E-state index in [1.54, 1.807) is 0 Å². The van der Waals surface area contributed by atoms with Gasteiger partial charge in [0.1, 0.15) is 5.82 Å². The number of hydrogen-bond donors (Lipinski definition) is 1. The first-order valence-corrected chi connectivity index (χ1v) is 13.0. The molecule has 1 aromatic rings. The molecular weight excluding hydrogens is 407 g/mol. The molecular formula is C14H17FN2O6S3. The minimum absolute atomic E-state index is 0.188. The predicted molar refractivity (Wildman–Crippen MR) is 91.0 cm³/mol. The molecule has 4 rings (SSSR count). The van der Waals surface area contributed by atoms with Gasteiger partial charge in [0.25, 0.3) is 0 Å². The van der Waals surface area contributed by atoms with Gasteiger partial charge < -0.3 is 5.32 Å². The lowest BCUT2D eigenvalue weighted by Gasteiger charge is -2.43. The van der Waals surface area contributed by atoms with Gasteiger partial charge in [-0.3, -0.25) is 0 Å². The van der Waals surface area contributed by atoms with E-state index < -0.39 is 59.7 Å². The van der Waals surface area contributed by atoms with Gasteiger partial charge in [0.2, 0.25) is 10.0 Å². The molecule has 0 aliphatic carbocycles. The van der Waals surface area contributed by atoms with E-state index in [0.717, 1.165) is 28.6 Å². The average molecular weight is 424 g/mol. The van der Waals surface area contributed by atoms with Gasteiger partial charge in [-0.25, -0.2) is 29.6 Å². The molecule has 0 radical (unpaired) electrons. The van der Waals surface area contributed by atoms with E-state index >= 15 is 0 Å². The van der Waals surface area contributed by atoms with Crippen LogP contribution in [-0.2, 0) is 29.7 Å². The van der Waals surface area contributed by atoms with E-state index in [9.17, 15) is 29.6 Å². The number of rotatable bonds is 2. The van der Waals surface area contributed by atoms with Crippen LogP contribution >= 0.6 is 0 Å². The summed E-state index contributed by atoms with van der Waals surface area (Å²) in [4.78, 5) is -0.188. The Morgan fingerprint density at radius 3 is 1.81 bits per heavy atom. The Bertz CT molecular complexity index is 1000. The van der Waals surface area contributed by atoms with Crippen LogP contribution in [0.15, 0.2) is 29.2 Å². The maximum atomic E-state index is 13.2. The van der Waals surface area contributed by atoms with Crippen molar-refractivity contribution < 1.29 is 29.6 Å². The zero-order valence-electron chi connectivity index (χ0n) is 13.4. The topological polar surface area (TPSA) is 118 Å². The Hall–Kier alpha value is -1.08. The molecule has 1 aromatic carbocycles. The molecule has 4 atom stereocenters. The first-order chi connectivity index (χ1) is 12.0. The van der Waals surface area contributed by atoms with Gasteiger partial charge in [0, 0.05) is 12.1 Å². The molecule has 26 heavy (non-hydrogen) atoms. The number of fused-ring (bicyclic) bond motifs is 2. The van der Waals surface area contributed by atoms with Gasteiger partial charge in [-0.2, -0.15) is 4.31 Å². The van der Waals surface area contributed by atoms with E-state index in [1.165, 1.54) is 0 Å². The largest absolute Gasteiger partial charge is 0.306 e. The third kappa shape index (κ3) is 2.97. The Labute approximate surface area is 151 Å². The summed E-state index contributed by atoms with van der Waals surface area (Å²) in [5, 5.41) is 3.03. The van der Waals surface area contributed by atoms with Crippen molar-refractivity contribution in [2.45, 2.75) is 29.1 Å². The zero-order valence-corrected chi connectivity index (χ0v) is 15.9. The Balaban J connectivity index is 1.83. The average Bonchev–Trinajstić information content (AvgIpc) is 2.96. The SMILES string of the molecule is O=S1(=O)C[C@@H]2N[C@@H]3CS(=O)(=O)C[C@@H]3N(S(=O)(=O)c3ccc(F)cc3)[C@H]2C1. The normalized spacial score (nSPS) is 35.7. The molecule has 3 aliphatic rings. The Morgan fingerprint density at radius 2 is 1.35 bits per heavy atom. The van der Waals surface area contributed by atoms with Crippen molar-refractivity contribution in [3.8, 4) is 0 Å². The summed E-state index contributed by atoms with van der Waals surface area (Å²) < 4.78 is 88.9. The van der Waals surface area contributed by atoms with E-state index in [1.807, 2.05) is 0 Å². The van der Waals surface area contributed by atoms with E-state index in [0.29, 0.717) is 0 Å². The van der Waals surface area contributed by atoms with Crippen LogP contribution in [-0.4, -0.2) is 76.7 Å². The third-order valence-electron chi connectivity index (χ3n) is 5.12. The number of benzene rings is 1. The smallest absolute Gasteiger partial charge is 0.243 e. The van der Waals surface area contributed by atoms with Crippen LogP contribution in [0.2, 0.25) is 0 Å². The summed E-state index contributed by atoms with van der Waals surface area (Å²) in [6, 6.07) is 1.11. The molecule has 1 N–H and O–H groups in total. The Morgan fingerprint density at radius 1 is 0.885 bits per heavy atom. The number of halogens is 1. The molecule has 0 spiro atoms.